The van der Waals surface area contributed by atoms with Gasteiger partial charge in [0.15, 0.2) is 11.5 Å². The molecule has 1 fully saturated rings. The molecule has 1 N–H and O–H groups in total. The van der Waals surface area contributed by atoms with Crippen molar-refractivity contribution in [3.63, 3.8) is 0 Å². The largest absolute Gasteiger partial charge is 0.440 e. The quantitative estimate of drug-likeness (QED) is 0.806. The van der Waals surface area contributed by atoms with Crippen molar-refractivity contribution < 1.29 is 4.42 Å². The van der Waals surface area contributed by atoms with Gasteiger partial charge in [-0.05, 0) is 38.4 Å². The summed E-state index contributed by atoms with van der Waals surface area (Å²) in [6.07, 6.45) is 4.09. The number of aromatic amines is 1. The molecule has 0 aliphatic carbocycles. The lowest BCUT2D eigenvalue weighted by Crippen LogP contribution is -2.34. The Bertz CT molecular complexity index is 743. The van der Waals surface area contributed by atoms with E-state index >= 15 is 0 Å². The molecule has 114 valence electrons. The van der Waals surface area contributed by atoms with Gasteiger partial charge in [0.25, 0.3) is 0 Å². The Kier molecular flexibility index (Phi) is 3.42. The van der Waals surface area contributed by atoms with E-state index in [1.165, 1.54) is 6.42 Å². The lowest BCUT2D eigenvalue weighted by molar-refractivity contribution is 0.185. The van der Waals surface area contributed by atoms with Crippen molar-refractivity contribution >= 4 is 11.1 Å². The summed E-state index contributed by atoms with van der Waals surface area (Å²) in [4.78, 5) is 14.7. The Balaban J connectivity index is 1.51. The maximum absolute atomic E-state index is 5.96. The van der Waals surface area contributed by atoms with E-state index in [9.17, 15) is 0 Å². The van der Waals surface area contributed by atoms with E-state index in [4.69, 9.17) is 4.42 Å². The molecule has 1 saturated heterocycles. The fourth-order valence-corrected chi connectivity index (χ4v) is 3.22. The number of nitrogens with one attached hydrogen (secondary N) is 1. The lowest BCUT2D eigenvalue weighted by atomic mass is 9.98. The number of hydrogen-bond donors (Lipinski definition) is 1. The molecule has 2 aromatic heterocycles. The summed E-state index contributed by atoms with van der Waals surface area (Å²) in [5, 5.41) is 0. The number of para-hydroxylation sites is 2. The number of rotatable bonds is 3. The predicted octanol–water partition coefficient (Wildman–Crippen LogP) is 3.24. The number of piperidine rings is 1. The Labute approximate surface area is 129 Å². The van der Waals surface area contributed by atoms with Gasteiger partial charge >= 0.3 is 0 Å². The molecular formula is C17H20N4O. The molecule has 0 unspecified atom stereocenters. The third-order valence-electron chi connectivity index (χ3n) is 4.47. The van der Waals surface area contributed by atoms with E-state index in [0.29, 0.717) is 5.92 Å². The van der Waals surface area contributed by atoms with Crippen molar-refractivity contribution in [2.75, 3.05) is 13.1 Å². The van der Waals surface area contributed by atoms with Gasteiger partial charge < -0.3 is 9.40 Å². The molecular weight excluding hydrogens is 276 g/mol. The van der Waals surface area contributed by atoms with Crippen LogP contribution >= 0.6 is 0 Å². The van der Waals surface area contributed by atoms with Gasteiger partial charge in [-0.15, -0.1) is 0 Å². The molecule has 3 aromatic rings. The molecule has 0 saturated carbocycles. The molecule has 1 aliphatic heterocycles. The Morgan fingerprint density at radius 1 is 1.36 bits per heavy atom. The van der Waals surface area contributed by atoms with Crippen molar-refractivity contribution in [3.05, 3.63) is 47.9 Å². The zero-order valence-corrected chi connectivity index (χ0v) is 12.7. The molecule has 1 atom stereocenters. The van der Waals surface area contributed by atoms with Crippen molar-refractivity contribution in [1.82, 2.24) is 19.9 Å². The summed E-state index contributed by atoms with van der Waals surface area (Å²) >= 11 is 0. The van der Waals surface area contributed by atoms with Crippen LogP contribution in [0.2, 0.25) is 0 Å². The first-order valence-corrected chi connectivity index (χ1v) is 7.86. The summed E-state index contributed by atoms with van der Waals surface area (Å²) in [7, 11) is 0. The number of nitrogens with zero attached hydrogens (tertiary/aromatic N) is 3. The van der Waals surface area contributed by atoms with Crippen molar-refractivity contribution in [2.45, 2.75) is 32.2 Å². The van der Waals surface area contributed by atoms with E-state index in [1.54, 1.807) is 6.33 Å². The van der Waals surface area contributed by atoms with Crippen LogP contribution in [0.1, 0.15) is 36.0 Å². The maximum Gasteiger partial charge on any atom is 0.199 e. The number of aryl methyl sites for hydroxylation is 1. The highest BCUT2D eigenvalue weighted by atomic mass is 16.3. The summed E-state index contributed by atoms with van der Waals surface area (Å²) < 4.78 is 5.96. The van der Waals surface area contributed by atoms with Crippen molar-refractivity contribution in [2.24, 2.45) is 0 Å². The Morgan fingerprint density at radius 2 is 2.27 bits per heavy atom. The molecule has 0 amide bonds. The van der Waals surface area contributed by atoms with Gasteiger partial charge in [-0.3, -0.25) is 4.90 Å². The minimum Gasteiger partial charge on any atom is -0.440 e. The number of imidazole rings is 1. The Hall–Kier alpha value is -2.14. The monoisotopic (exact) mass is 296 g/mol. The van der Waals surface area contributed by atoms with Gasteiger partial charge in [-0.2, -0.15) is 0 Å². The smallest absolute Gasteiger partial charge is 0.199 e. The van der Waals surface area contributed by atoms with Gasteiger partial charge in [-0.1, -0.05) is 12.1 Å². The SMILES string of the molecule is Cc1[nH]cnc1CN1CCC[C@H](c2nc3ccccc3o2)C1. The molecule has 5 heteroatoms. The van der Waals surface area contributed by atoms with Crippen LogP contribution in [0, 0.1) is 6.92 Å². The van der Waals surface area contributed by atoms with E-state index in [-0.39, 0.29) is 0 Å². The first-order valence-electron chi connectivity index (χ1n) is 7.86. The van der Waals surface area contributed by atoms with E-state index in [0.717, 1.165) is 54.4 Å². The van der Waals surface area contributed by atoms with Gasteiger partial charge in [0.1, 0.15) is 5.52 Å². The first-order chi connectivity index (χ1) is 10.8. The highest BCUT2D eigenvalue weighted by Gasteiger charge is 2.26. The number of likely N-dealkylation sites (tertiary alicyclic amines) is 1. The molecule has 22 heavy (non-hydrogen) atoms. The fourth-order valence-electron chi connectivity index (χ4n) is 3.22. The van der Waals surface area contributed by atoms with Gasteiger partial charge in [0.05, 0.1) is 12.0 Å². The standard InChI is InChI=1S/C17H20N4O/c1-12-15(19-11-18-12)10-21-8-4-5-13(9-21)17-20-14-6-2-3-7-16(14)22-17/h2-3,6-7,11,13H,4-5,8-10H2,1H3,(H,18,19)/t13-/m0/s1. The predicted molar refractivity (Wildman–Crippen MR) is 84.6 cm³/mol. The number of oxazole rings is 1. The summed E-state index contributed by atoms with van der Waals surface area (Å²) in [6, 6.07) is 7.99. The van der Waals surface area contributed by atoms with Crippen LogP contribution in [0.5, 0.6) is 0 Å². The number of fused-ring (bicyclic) bond motifs is 1. The average molecular weight is 296 g/mol. The van der Waals surface area contributed by atoms with E-state index in [2.05, 4.69) is 26.8 Å². The van der Waals surface area contributed by atoms with Crippen LogP contribution < -0.4 is 0 Å². The second-order valence-electron chi connectivity index (χ2n) is 6.07. The number of aromatic nitrogens is 3. The van der Waals surface area contributed by atoms with Crippen molar-refractivity contribution in [1.29, 1.82) is 0 Å². The van der Waals surface area contributed by atoms with Crippen LogP contribution in [-0.4, -0.2) is 32.9 Å². The molecule has 0 bridgehead atoms. The molecule has 5 nitrogen and oxygen atoms in total. The summed E-state index contributed by atoms with van der Waals surface area (Å²) in [6.45, 7) is 5.07. The molecule has 3 heterocycles. The third kappa shape index (κ3) is 2.52. The van der Waals surface area contributed by atoms with Gasteiger partial charge in [0.2, 0.25) is 0 Å². The third-order valence-corrected chi connectivity index (χ3v) is 4.47. The summed E-state index contributed by atoms with van der Waals surface area (Å²) in [5.41, 5.74) is 4.14. The van der Waals surface area contributed by atoms with Crippen LogP contribution in [0.4, 0.5) is 0 Å². The van der Waals surface area contributed by atoms with Crippen LogP contribution in [-0.2, 0) is 6.54 Å². The lowest BCUT2D eigenvalue weighted by Gasteiger charge is -2.30. The second-order valence-corrected chi connectivity index (χ2v) is 6.07. The number of hydrogen-bond acceptors (Lipinski definition) is 4. The first kappa shape index (κ1) is 13.5. The van der Waals surface area contributed by atoms with E-state index < -0.39 is 0 Å². The van der Waals surface area contributed by atoms with E-state index in [1.807, 2.05) is 24.3 Å². The molecule has 0 radical (unpaired) electrons. The molecule has 1 aliphatic rings. The highest BCUT2D eigenvalue weighted by molar-refractivity contribution is 5.72. The number of H-pyrrole nitrogens is 1. The minimum absolute atomic E-state index is 0.375. The maximum atomic E-state index is 5.96. The average Bonchev–Trinajstić information content (AvgIpc) is 3.14. The van der Waals surface area contributed by atoms with Crippen molar-refractivity contribution in [3.8, 4) is 0 Å². The zero-order valence-electron chi connectivity index (χ0n) is 12.7. The summed E-state index contributed by atoms with van der Waals surface area (Å²) in [5.74, 6) is 1.25. The van der Waals surface area contributed by atoms with Crippen LogP contribution in [0.15, 0.2) is 35.0 Å². The highest BCUT2D eigenvalue weighted by Crippen LogP contribution is 2.29. The van der Waals surface area contributed by atoms with Crippen LogP contribution in [0.3, 0.4) is 0 Å². The van der Waals surface area contributed by atoms with Crippen LogP contribution in [0.25, 0.3) is 11.1 Å². The molecule has 0 spiro atoms. The Morgan fingerprint density at radius 3 is 3.09 bits per heavy atom. The van der Waals surface area contributed by atoms with Gasteiger partial charge in [0, 0.05) is 24.7 Å². The minimum atomic E-state index is 0.375. The molecule has 1 aromatic carbocycles. The topological polar surface area (TPSA) is 58.0 Å². The van der Waals surface area contributed by atoms with Gasteiger partial charge in [-0.25, -0.2) is 9.97 Å². The fraction of sp³-hybridized carbons (Fsp3) is 0.412. The second kappa shape index (κ2) is 5.57. The number of benzene rings is 1. The normalized spacial score (nSPS) is 19.8. The molecule has 4 rings (SSSR count). The zero-order chi connectivity index (χ0) is 14.9.